The Hall–Kier alpha value is -6.58. The standard InChI is InChI=1S/C56H48BN2/c1-36-18-13-14-23-42(36)40-32-45(43-24-17-26-47-54(43)58-49-27-16-15-25-46(49)56(47,5)6)53-52(34-40)59(51-30-28-39(33-48(51)57-53)37-19-9-7-10-20-37)50-31-29-41(55(2,3)4)35-44(50)38-21-11-8-12-22-38/h7-35,58H,1-6H3. The summed E-state index contributed by atoms with van der Waals surface area (Å²) in [5, 5.41) is 3.96. The van der Waals surface area contributed by atoms with Gasteiger partial charge in [-0.2, -0.15) is 0 Å². The first kappa shape index (κ1) is 36.7. The summed E-state index contributed by atoms with van der Waals surface area (Å²) >= 11 is 0. The van der Waals surface area contributed by atoms with Gasteiger partial charge in [-0.3, -0.25) is 0 Å². The van der Waals surface area contributed by atoms with E-state index < -0.39 is 0 Å². The molecule has 2 aliphatic rings. The van der Waals surface area contributed by atoms with Gasteiger partial charge in [0, 0.05) is 33.6 Å². The fraction of sp³-hybridized carbons (Fsp3) is 0.143. The summed E-state index contributed by atoms with van der Waals surface area (Å²) in [7, 11) is 2.44. The van der Waals surface area contributed by atoms with Crippen LogP contribution in [0.1, 0.15) is 56.9 Å². The van der Waals surface area contributed by atoms with Crippen LogP contribution >= 0.6 is 0 Å². The van der Waals surface area contributed by atoms with E-state index in [2.05, 4.69) is 235 Å². The van der Waals surface area contributed by atoms with Crippen LogP contribution in [0.25, 0.3) is 44.5 Å². The van der Waals surface area contributed by atoms with Gasteiger partial charge in [-0.05, 0) is 110 Å². The van der Waals surface area contributed by atoms with Gasteiger partial charge < -0.3 is 10.2 Å². The molecule has 0 unspecified atom stereocenters. The van der Waals surface area contributed by atoms with Crippen LogP contribution in [0.2, 0.25) is 0 Å². The lowest BCUT2D eigenvalue weighted by atomic mass is 9.57. The fourth-order valence-electron chi connectivity index (χ4n) is 9.37. The number of anilines is 5. The SMILES string of the molecule is Cc1ccccc1-c1cc(-c2cccc3c2Nc2ccccc2C3(C)C)c2c(c1)N(c1ccc(C(C)(C)C)cc1-c1ccccc1)c1ccc(-c3ccccc3)cc1[B]2. The van der Waals surface area contributed by atoms with Gasteiger partial charge in [0.05, 0.1) is 11.4 Å². The normalized spacial score (nSPS) is 13.6. The summed E-state index contributed by atoms with van der Waals surface area (Å²) in [5.74, 6) is 0. The van der Waals surface area contributed by atoms with Gasteiger partial charge in [0.2, 0.25) is 0 Å². The van der Waals surface area contributed by atoms with Gasteiger partial charge in [-0.1, -0.05) is 180 Å². The van der Waals surface area contributed by atoms with E-state index in [1.54, 1.807) is 0 Å². The van der Waals surface area contributed by atoms with Crippen molar-refractivity contribution < 1.29 is 0 Å². The van der Waals surface area contributed by atoms with Crippen LogP contribution < -0.4 is 21.1 Å². The number of benzene rings is 8. The van der Waals surface area contributed by atoms with Crippen LogP contribution in [0.5, 0.6) is 0 Å². The van der Waals surface area contributed by atoms with Crippen molar-refractivity contribution in [2.75, 3.05) is 10.2 Å². The summed E-state index contributed by atoms with van der Waals surface area (Å²) < 4.78 is 0. The Morgan fingerprint density at radius 1 is 0.492 bits per heavy atom. The lowest BCUT2D eigenvalue weighted by Gasteiger charge is -2.39. The van der Waals surface area contributed by atoms with Crippen molar-refractivity contribution in [3.63, 3.8) is 0 Å². The zero-order valence-corrected chi connectivity index (χ0v) is 34.8. The van der Waals surface area contributed by atoms with E-state index in [1.165, 1.54) is 83.4 Å². The molecule has 0 aliphatic carbocycles. The minimum atomic E-state index is -0.187. The highest BCUT2D eigenvalue weighted by atomic mass is 15.2. The average Bonchev–Trinajstić information content (AvgIpc) is 3.25. The predicted molar refractivity (Wildman–Crippen MR) is 253 cm³/mol. The number of aryl methyl sites for hydroxylation is 1. The molecule has 1 N–H and O–H groups in total. The summed E-state index contributed by atoms with van der Waals surface area (Å²) in [6.45, 7) is 13.8. The molecule has 0 amide bonds. The van der Waals surface area contributed by atoms with Crippen LogP contribution in [0.15, 0.2) is 176 Å². The third kappa shape index (κ3) is 6.28. The predicted octanol–water partition coefficient (Wildman–Crippen LogP) is 13.8. The van der Waals surface area contributed by atoms with E-state index in [-0.39, 0.29) is 10.8 Å². The van der Waals surface area contributed by atoms with Crippen LogP contribution in [-0.2, 0) is 10.8 Å². The molecule has 0 spiro atoms. The molecule has 2 aliphatic heterocycles. The highest BCUT2D eigenvalue weighted by Gasteiger charge is 2.36. The number of para-hydroxylation sites is 2. The zero-order valence-electron chi connectivity index (χ0n) is 34.8. The maximum absolute atomic E-state index is 3.96. The second kappa shape index (κ2) is 14.1. The summed E-state index contributed by atoms with van der Waals surface area (Å²) in [6, 6.07) is 65.1. The molecule has 10 rings (SSSR count). The Morgan fingerprint density at radius 3 is 1.92 bits per heavy atom. The largest absolute Gasteiger partial charge is 0.355 e. The van der Waals surface area contributed by atoms with Gasteiger partial charge >= 0.3 is 0 Å². The maximum atomic E-state index is 3.96. The number of fused-ring (bicyclic) bond motifs is 4. The minimum Gasteiger partial charge on any atom is -0.355 e. The van der Waals surface area contributed by atoms with Crippen molar-refractivity contribution in [2.45, 2.75) is 52.4 Å². The second-order valence-electron chi connectivity index (χ2n) is 17.8. The van der Waals surface area contributed by atoms with Gasteiger partial charge in [0.25, 0.3) is 0 Å². The van der Waals surface area contributed by atoms with Crippen molar-refractivity contribution in [3.05, 3.63) is 198 Å². The molecule has 59 heavy (non-hydrogen) atoms. The third-order valence-corrected chi connectivity index (χ3v) is 12.6. The molecule has 285 valence electrons. The molecule has 0 bridgehead atoms. The molecular formula is C56H48BN2. The quantitative estimate of drug-likeness (QED) is 0.176. The van der Waals surface area contributed by atoms with E-state index in [0.29, 0.717) is 0 Å². The van der Waals surface area contributed by atoms with Crippen molar-refractivity contribution in [3.8, 4) is 44.5 Å². The lowest BCUT2D eigenvalue weighted by Crippen LogP contribution is -2.41. The first-order valence-corrected chi connectivity index (χ1v) is 20.8. The molecule has 8 aromatic carbocycles. The summed E-state index contributed by atoms with van der Waals surface area (Å²) in [4.78, 5) is 2.54. The number of hydrogen-bond donors (Lipinski definition) is 1. The topological polar surface area (TPSA) is 15.3 Å². The van der Waals surface area contributed by atoms with E-state index in [1.807, 2.05) is 0 Å². The highest BCUT2D eigenvalue weighted by molar-refractivity contribution is 6.73. The maximum Gasteiger partial charge on any atom is 0.197 e. The lowest BCUT2D eigenvalue weighted by molar-refractivity contribution is 0.590. The van der Waals surface area contributed by atoms with Crippen molar-refractivity contribution >= 4 is 46.6 Å². The Kier molecular flexibility index (Phi) is 8.76. The van der Waals surface area contributed by atoms with Crippen LogP contribution in [0.4, 0.5) is 28.4 Å². The molecule has 8 aromatic rings. The van der Waals surface area contributed by atoms with Crippen LogP contribution in [0.3, 0.4) is 0 Å². The first-order valence-electron chi connectivity index (χ1n) is 20.8. The van der Waals surface area contributed by atoms with Gasteiger partial charge in [-0.15, -0.1) is 0 Å². The van der Waals surface area contributed by atoms with Crippen LogP contribution in [-0.4, -0.2) is 7.28 Å². The Balaban J connectivity index is 1.29. The molecule has 2 heterocycles. The molecule has 0 aromatic heterocycles. The second-order valence-corrected chi connectivity index (χ2v) is 17.8. The number of hydrogen-bond acceptors (Lipinski definition) is 2. The molecule has 1 radical (unpaired) electrons. The van der Waals surface area contributed by atoms with Crippen LogP contribution in [0, 0.1) is 6.92 Å². The Bertz CT molecular complexity index is 2900. The highest BCUT2D eigenvalue weighted by Crippen LogP contribution is 2.50. The van der Waals surface area contributed by atoms with Crippen molar-refractivity contribution in [1.82, 2.24) is 0 Å². The molecule has 3 heteroatoms. The number of nitrogens with zero attached hydrogens (tertiary/aromatic N) is 1. The van der Waals surface area contributed by atoms with Crippen molar-refractivity contribution in [2.24, 2.45) is 0 Å². The third-order valence-electron chi connectivity index (χ3n) is 12.6. The monoisotopic (exact) mass is 759 g/mol. The van der Waals surface area contributed by atoms with E-state index in [0.717, 1.165) is 22.7 Å². The molecule has 0 fully saturated rings. The fourth-order valence-corrected chi connectivity index (χ4v) is 9.37. The number of nitrogens with one attached hydrogen (secondary N) is 1. The molecule has 2 nitrogen and oxygen atoms in total. The molecular weight excluding hydrogens is 711 g/mol. The Labute approximate surface area is 350 Å². The van der Waals surface area contributed by atoms with Crippen molar-refractivity contribution in [1.29, 1.82) is 0 Å². The van der Waals surface area contributed by atoms with Gasteiger partial charge in [0.15, 0.2) is 7.28 Å². The smallest absolute Gasteiger partial charge is 0.197 e. The van der Waals surface area contributed by atoms with E-state index in [9.17, 15) is 0 Å². The van der Waals surface area contributed by atoms with E-state index in [4.69, 9.17) is 0 Å². The zero-order chi connectivity index (χ0) is 40.5. The first-order chi connectivity index (χ1) is 28.6. The molecule has 0 saturated carbocycles. The Morgan fingerprint density at radius 2 is 1.15 bits per heavy atom. The van der Waals surface area contributed by atoms with Gasteiger partial charge in [0.1, 0.15) is 0 Å². The molecule has 0 atom stereocenters. The molecule has 0 saturated heterocycles. The minimum absolute atomic E-state index is 0.0187. The van der Waals surface area contributed by atoms with E-state index >= 15 is 0 Å². The average molecular weight is 760 g/mol. The summed E-state index contributed by atoms with van der Waals surface area (Å²) in [6.07, 6.45) is 0. The summed E-state index contributed by atoms with van der Waals surface area (Å²) in [5.41, 5.74) is 22.8. The number of rotatable bonds is 5. The van der Waals surface area contributed by atoms with Gasteiger partial charge in [-0.25, -0.2) is 0 Å².